The minimum Gasteiger partial charge on any atom is -0.351 e. The maximum atomic E-state index is 13.1. The number of urea groups is 2. The van der Waals surface area contributed by atoms with Gasteiger partial charge >= 0.3 is 18.0 Å². The van der Waals surface area contributed by atoms with Crippen LogP contribution in [0.15, 0.2) is 52.3 Å². The van der Waals surface area contributed by atoms with Crippen LogP contribution in [0.5, 0.6) is 0 Å². The molecule has 0 spiro atoms. The van der Waals surface area contributed by atoms with Crippen molar-refractivity contribution in [2.24, 2.45) is 5.73 Å². The van der Waals surface area contributed by atoms with Crippen molar-refractivity contribution in [3.05, 3.63) is 53.6 Å². The number of hydrogen-bond donors (Lipinski definition) is 3. The molecule has 0 atom stereocenters. The zero-order valence-electron chi connectivity index (χ0n) is 20.9. The summed E-state index contributed by atoms with van der Waals surface area (Å²) in [4.78, 5) is 42.2. The molecule has 10 nitrogen and oxygen atoms in total. The number of hydrogen-bond acceptors (Lipinski definition) is 7. The third-order valence-corrected chi connectivity index (χ3v) is 8.98. The number of carbonyl (C=O) groups is 3. The molecule has 0 heterocycles. The number of primary amides is 1. The van der Waals surface area contributed by atoms with Crippen molar-refractivity contribution in [3.63, 3.8) is 0 Å². The quantitative estimate of drug-likeness (QED) is 0.317. The molecule has 0 saturated heterocycles. The molecule has 2 aromatic carbocycles. The lowest BCUT2D eigenvalue weighted by molar-refractivity contribution is 0.0299. The maximum Gasteiger partial charge on any atom is 0.365 e. The Kier molecular flexibility index (Phi) is 9.81. The summed E-state index contributed by atoms with van der Waals surface area (Å²) in [6, 6.07) is 8.32. The molecule has 200 valence electrons. The Bertz CT molecular complexity index is 1230. The third-order valence-electron chi connectivity index (χ3n) is 5.88. The van der Waals surface area contributed by atoms with E-state index in [9.17, 15) is 22.8 Å². The molecule has 4 amide bonds. The van der Waals surface area contributed by atoms with Crippen LogP contribution in [-0.4, -0.2) is 42.5 Å². The molecular formula is C25H32N4O6S2. The number of benzene rings is 2. The van der Waals surface area contributed by atoms with Gasteiger partial charge in [0.2, 0.25) is 9.84 Å². The number of anilines is 1. The van der Waals surface area contributed by atoms with E-state index in [-0.39, 0.29) is 27.1 Å². The monoisotopic (exact) mass is 548 g/mol. The average Bonchev–Trinajstić information content (AvgIpc) is 2.88. The molecule has 0 unspecified atom stereocenters. The van der Waals surface area contributed by atoms with Crippen LogP contribution in [0, 0.1) is 6.92 Å². The van der Waals surface area contributed by atoms with E-state index in [1.54, 1.807) is 16.4 Å². The van der Waals surface area contributed by atoms with Gasteiger partial charge in [0, 0.05) is 11.8 Å². The Morgan fingerprint density at radius 2 is 1.70 bits per heavy atom. The van der Waals surface area contributed by atoms with E-state index in [0.29, 0.717) is 0 Å². The Labute approximate surface area is 221 Å². The van der Waals surface area contributed by atoms with Crippen molar-refractivity contribution < 1.29 is 27.6 Å². The van der Waals surface area contributed by atoms with Gasteiger partial charge in [-0.1, -0.05) is 43.9 Å². The minimum absolute atomic E-state index is 0.0438. The summed E-state index contributed by atoms with van der Waals surface area (Å²) in [7, 11) is -3.94. The highest BCUT2D eigenvalue weighted by atomic mass is 32.2. The first-order chi connectivity index (χ1) is 17.6. The SMILES string of the molecule is CCCSN(C(=O)NOC(=O)c1ccc(S(=O)(=O)c2ccc(C)cc2)cc1NC(N)=O)C1CCCCC1. The number of rotatable bonds is 8. The number of carbonyl (C=O) groups excluding carboxylic acids is 3. The van der Waals surface area contributed by atoms with E-state index in [1.807, 2.05) is 13.8 Å². The highest BCUT2D eigenvalue weighted by molar-refractivity contribution is 7.97. The number of amides is 4. The summed E-state index contributed by atoms with van der Waals surface area (Å²) in [6.45, 7) is 3.85. The third kappa shape index (κ3) is 7.39. The first kappa shape index (κ1) is 28.3. The van der Waals surface area contributed by atoms with Gasteiger partial charge in [-0.3, -0.25) is 4.31 Å². The molecule has 0 aromatic heterocycles. The van der Waals surface area contributed by atoms with Crippen LogP contribution in [-0.2, 0) is 14.7 Å². The summed E-state index contributed by atoms with van der Waals surface area (Å²) in [5, 5.41) is 2.26. The van der Waals surface area contributed by atoms with Gasteiger partial charge in [0.25, 0.3) is 0 Å². The lowest BCUT2D eigenvalue weighted by Gasteiger charge is -2.32. The van der Waals surface area contributed by atoms with Crippen LogP contribution in [0.25, 0.3) is 0 Å². The topological polar surface area (TPSA) is 148 Å². The summed E-state index contributed by atoms with van der Waals surface area (Å²) in [5.74, 6) is -0.248. The first-order valence-corrected chi connectivity index (χ1v) is 14.5. The predicted octanol–water partition coefficient (Wildman–Crippen LogP) is 4.79. The number of nitrogens with zero attached hydrogens (tertiary/aromatic N) is 1. The molecule has 1 aliphatic rings. The Morgan fingerprint density at radius 3 is 2.32 bits per heavy atom. The van der Waals surface area contributed by atoms with Crippen LogP contribution in [0.2, 0.25) is 0 Å². The van der Waals surface area contributed by atoms with Gasteiger partial charge in [-0.05, 0) is 68.5 Å². The number of hydroxylamine groups is 1. The zero-order valence-corrected chi connectivity index (χ0v) is 22.5. The molecular weight excluding hydrogens is 516 g/mol. The lowest BCUT2D eigenvalue weighted by Crippen LogP contribution is -2.43. The molecule has 0 bridgehead atoms. The second kappa shape index (κ2) is 12.8. The lowest BCUT2D eigenvalue weighted by atomic mass is 9.96. The van der Waals surface area contributed by atoms with Crippen molar-refractivity contribution in [2.45, 2.75) is 68.2 Å². The van der Waals surface area contributed by atoms with Crippen molar-refractivity contribution >= 4 is 45.5 Å². The first-order valence-electron chi connectivity index (χ1n) is 12.1. The standard InChI is InChI=1S/C25H32N4O6S2/c1-3-15-36-29(18-7-5-4-6-8-18)25(32)28-35-23(30)21-14-13-20(16-22(21)27-24(26)31)37(33,34)19-11-9-17(2)10-12-19/h9-14,16,18H,3-8,15H2,1-2H3,(H,28,32)(H3,26,27,31). The Balaban J connectivity index is 1.79. The summed E-state index contributed by atoms with van der Waals surface area (Å²) >= 11 is 1.39. The van der Waals surface area contributed by atoms with Crippen molar-refractivity contribution in [1.29, 1.82) is 0 Å². The number of aryl methyl sites for hydroxylation is 1. The molecule has 1 fully saturated rings. The van der Waals surface area contributed by atoms with Crippen LogP contribution in [0.1, 0.15) is 61.4 Å². The van der Waals surface area contributed by atoms with Crippen LogP contribution < -0.4 is 16.5 Å². The van der Waals surface area contributed by atoms with Gasteiger partial charge in [0.15, 0.2) is 0 Å². The second-order valence-electron chi connectivity index (χ2n) is 8.76. The predicted molar refractivity (Wildman–Crippen MR) is 142 cm³/mol. The number of sulfone groups is 1. The highest BCUT2D eigenvalue weighted by Crippen LogP contribution is 2.29. The molecule has 3 rings (SSSR count). The zero-order chi connectivity index (χ0) is 27.0. The van der Waals surface area contributed by atoms with E-state index in [0.717, 1.165) is 55.9 Å². The smallest absolute Gasteiger partial charge is 0.351 e. The summed E-state index contributed by atoms with van der Waals surface area (Å²) in [6.07, 6.45) is 5.82. The summed E-state index contributed by atoms with van der Waals surface area (Å²) < 4.78 is 27.8. The average molecular weight is 549 g/mol. The van der Waals surface area contributed by atoms with Crippen LogP contribution in [0.4, 0.5) is 15.3 Å². The molecule has 2 aromatic rings. The van der Waals surface area contributed by atoms with Gasteiger partial charge < -0.3 is 15.9 Å². The fourth-order valence-electron chi connectivity index (χ4n) is 3.98. The van der Waals surface area contributed by atoms with E-state index in [1.165, 1.54) is 36.2 Å². The number of nitrogens with two attached hydrogens (primary N) is 1. The van der Waals surface area contributed by atoms with Gasteiger partial charge in [0.1, 0.15) is 0 Å². The normalized spacial score (nSPS) is 14.0. The molecule has 4 N–H and O–H groups in total. The Hall–Kier alpha value is -3.25. The van der Waals surface area contributed by atoms with Crippen molar-refractivity contribution in [2.75, 3.05) is 11.1 Å². The minimum atomic E-state index is -3.94. The largest absolute Gasteiger partial charge is 0.365 e. The molecule has 12 heteroatoms. The van der Waals surface area contributed by atoms with E-state index in [2.05, 4.69) is 10.8 Å². The van der Waals surface area contributed by atoms with Gasteiger partial charge in [-0.25, -0.2) is 22.8 Å². The van der Waals surface area contributed by atoms with E-state index in [4.69, 9.17) is 10.6 Å². The highest BCUT2D eigenvalue weighted by Gasteiger charge is 2.28. The van der Waals surface area contributed by atoms with Gasteiger partial charge in [-0.15, -0.1) is 0 Å². The molecule has 37 heavy (non-hydrogen) atoms. The number of nitrogens with one attached hydrogen (secondary N) is 2. The van der Waals surface area contributed by atoms with Crippen molar-refractivity contribution in [3.8, 4) is 0 Å². The van der Waals surface area contributed by atoms with Gasteiger partial charge in [0.05, 0.1) is 21.0 Å². The maximum absolute atomic E-state index is 13.1. The molecule has 1 saturated carbocycles. The van der Waals surface area contributed by atoms with E-state index >= 15 is 0 Å². The fourth-order valence-corrected chi connectivity index (χ4v) is 6.23. The van der Waals surface area contributed by atoms with Gasteiger partial charge in [-0.2, -0.15) is 5.48 Å². The van der Waals surface area contributed by atoms with E-state index < -0.39 is 27.9 Å². The molecule has 0 aliphatic heterocycles. The second-order valence-corrected chi connectivity index (χ2v) is 11.8. The molecule has 0 radical (unpaired) electrons. The Morgan fingerprint density at radius 1 is 1.05 bits per heavy atom. The van der Waals surface area contributed by atoms with Crippen LogP contribution >= 0.6 is 11.9 Å². The van der Waals surface area contributed by atoms with Crippen LogP contribution in [0.3, 0.4) is 0 Å². The van der Waals surface area contributed by atoms with Crippen molar-refractivity contribution in [1.82, 2.24) is 9.79 Å². The summed E-state index contributed by atoms with van der Waals surface area (Å²) in [5.41, 5.74) is 8.00. The fraction of sp³-hybridized carbons (Fsp3) is 0.400. The molecule has 1 aliphatic carbocycles.